The molecular formula is C10H20FN. The number of hydrogen-bond donors (Lipinski definition) is 1. The Hall–Kier alpha value is -0.110. The van der Waals surface area contributed by atoms with Crippen LogP contribution in [0.2, 0.25) is 0 Å². The van der Waals surface area contributed by atoms with Gasteiger partial charge in [-0.2, -0.15) is 0 Å². The van der Waals surface area contributed by atoms with Crippen LogP contribution in [0.1, 0.15) is 46.0 Å². The highest BCUT2D eigenvalue weighted by Crippen LogP contribution is 2.27. The van der Waals surface area contributed by atoms with E-state index < -0.39 is 5.67 Å². The maximum absolute atomic E-state index is 13.9. The van der Waals surface area contributed by atoms with Gasteiger partial charge in [-0.1, -0.05) is 19.8 Å². The van der Waals surface area contributed by atoms with Crippen LogP contribution in [0.5, 0.6) is 0 Å². The predicted octanol–water partition coefficient (Wildman–Crippen LogP) is 2.66. The lowest BCUT2D eigenvalue weighted by atomic mass is 9.88. The molecular weight excluding hydrogens is 153 g/mol. The van der Waals surface area contributed by atoms with Crippen LogP contribution in [0.3, 0.4) is 0 Å². The van der Waals surface area contributed by atoms with E-state index in [-0.39, 0.29) is 6.04 Å². The summed E-state index contributed by atoms with van der Waals surface area (Å²) in [4.78, 5) is 0. The summed E-state index contributed by atoms with van der Waals surface area (Å²) in [7, 11) is 0. The lowest BCUT2D eigenvalue weighted by Gasteiger charge is -2.34. The third-order valence-electron chi connectivity index (χ3n) is 2.78. The van der Waals surface area contributed by atoms with E-state index >= 15 is 0 Å². The van der Waals surface area contributed by atoms with Crippen LogP contribution in [-0.4, -0.2) is 18.3 Å². The summed E-state index contributed by atoms with van der Waals surface area (Å²) >= 11 is 0. The summed E-state index contributed by atoms with van der Waals surface area (Å²) in [5, 5.41) is 3.27. The van der Waals surface area contributed by atoms with Gasteiger partial charge in [-0.25, -0.2) is 4.39 Å². The minimum atomic E-state index is -0.991. The van der Waals surface area contributed by atoms with Crippen molar-refractivity contribution < 1.29 is 4.39 Å². The Balaban J connectivity index is 2.41. The van der Waals surface area contributed by atoms with Crippen molar-refractivity contribution in [3.63, 3.8) is 0 Å². The van der Waals surface area contributed by atoms with Gasteiger partial charge in [-0.3, -0.25) is 0 Å². The third kappa shape index (κ3) is 2.44. The van der Waals surface area contributed by atoms with Gasteiger partial charge in [0.2, 0.25) is 0 Å². The molecule has 1 aliphatic heterocycles. The highest BCUT2D eigenvalue weighted by Gasteiger charge is 2.33. The van der Waals surface area contributed by atoms with E-state index in [1.807, 2.05) is 6.92 Å². The molecule has 72 valence electrons. The second-order valence-corrected chi connectivity index (χ2v) is 4.03. The van der Waals surface area contributed by atoms with Gasteiger partial charge in [0.1, 0.15) is 5.67 Å². The van der Waals surface area contributed by atoms with E-state index in [2.05, 4.69) is 5.32 Å². The molecule has 0 spiro atoms. The highest BCUT2D eigenvalue weighted by atomic mass is 19.1. The zero-order valence-electron chi connectivity index (χ0n) is 8.20. The Morgan fingerprint density at radius 2 is 2.25 bits per heavy atom. The fraction of sp³-hybridized carbons (Fsp3) is 1.00. The fourth-order valence-corrected chi connectivity index (χ4v) is 2.03. The minimum absolute atomic E-state index is 0.103. The summed E-state index contributed by atoms with van der Waals surface area (Å²) in [5.74, 6) is 0. The molecule has 1 saturated heterocycles. The van der Waals surface area contributed by atoms with E-state index in [9.17, 15) is 4.39 Å². The van der Waals surface area contributed by atoms with Crippen LogP contribution in [0.15, 0.2) is 0 Å². The zero-order valence-corrected chi connectivity index (χ0v) is 8.20. The average molecular weight is 173 g/mol. The molecule has 1 rings (SSSR count). The maximum Gasteiger partial charge on any atom is 0.123 e. The molecule has 0 aromatic heterocycles. The molecule has 1 aliphatic rings. The Morgan fingerprint density at radius 3 is 2.75 bits per heavy atom. The molecule has 2 unspecified atom stereocenters. The minimum Gasteiger partial charge on any atom is -0.311 e. The lowest BCUT2D eigenvalue weighted by molar-refractivity contribution is 0.0975. The van der Waals surface area contributed by atoms with Crippen LogP contribution in [0.4, 0.5) is 4.39 Å². The van der Waals surface area contributed by atoms with Crippen molar-refractivity contribution >= 4 is 0 Å². The first-order valence-electron chi connectivity index (χ1n) is 5.09. The van der Waals surface area contributed by atoms with E-state index in [1.165, 1.54) is 12.8 Å². The Labute approximate surface area is 74.7 Å². The molecule has 0 aromatic carbocycles. The second kappa shape index (κ2) is 4.22. The first-order valence-corrected chi connectivity index (χ1v) is 5.09. The van der Waals surface area contributed by atoms with Gasteiger partial charge >= 0.3 is 0 Å². The SMILES string of the molecule is CCCC(C)(F)C1CCCCN1. The Morgan fingerprint density at radius 1 is 1.50 bits per heavy atom. The summed E-state index contributed by atoms with van der Waals surface area (Å²) in [6.45, 7) is 4.77. The Bertz CT molecular complexity index is 128. The van der Waals surface area contributed by atoms with Gasteiger partial charge in [0.25, 0.3) is 0 Å². The van der Waals surface area contributed by atoms with E-state index in [0.29, 0.717) is 6.42 Å². The molecule has 0 aromatic rings. The summed E-state index contributed by atoms with van der Waals surface area (Å²) < 4.78 is 13.9. The van der Waals surface area contributed by atoms with Crippen molar-refractivity contribution in [2.24, 2.45) is 0 Å². The van der Waals surface area contributed by atoms with Gasteiger partial charge < -0.3 is 5.32 Å². The second-order valence-electron chi connectivity index (χ2n) is 4.03. The molecule has 2 heteroatoms. The molecule has 12 heavy (non-hydrogen) atoms. The van der Waals surface area contributed by atoms with Crippen molar-refractivity contribution in [1.29, 1.82) is 0 Å². The van der Waals surface area contributed by atoms with Crippen LogP contribution in [0, 0.1) is 0 Å². The zero-order chi connectivity index (χ0) is 9.03. The predicted molar refractivity (Wildman–Crippen MR) is 50.1 cm³/mol. The van der Waals surface area contributed by atoms with E-state index in [1.54, 1.807) is 6.92 Å². The molecule has 0 saturated carbocycles. The molecule has 0 radical (unpaired) electrons. The molecule has 0 amide bonds. The van der Waals surface area contributed by atoms with Crippen molar-refractivity contribution in [1.82, 2.24) is 5.32 Å². The summed E-state index contributed by atoms with van der Waals surface area (Å²) in [6, 6.07) is 0.103. The van der Waals surface area contributed by atoms with Crippen LogP contribution in [-0.2, 0) is 0 Å². The van der Waals surface area contributed by atoms with Gasteiger partial charge in [0.15, 0.2) is 0 Å². The topological polar surface area (TPSA) is 12.0 Å². The largest absolute Gasteiger partial charge is 0.311 e. The quantitative estimate of drug-likeness (QED) is 0.692. The first kappa shape index (κ1) is 9.97. The molecule has 0 aliphatic carbocycles. The van der Waals surface area contributed by atoms with Crippen LogP contribution >= 0.6 is 0 Å². The standard InChI is InChI=1S/C10H20FN/c1-3-7-10(2,11)9-6-4-5-8-12-9/h9,12H,3-8H2,1-2H3. The van der Waals surface area contributed by atoms with Gasteiger partial charge in [-0.15, -0.1) is 0 Å². The first-order chi connectivity index (χ1) is 5.67. The number of halogens is 1. The van der Waals surface area contributed by atoms with Crippen molar-refractivity contribution in [2.75, 3.05) is 6.54 Å². The molecule has 1 nitrogen and oxygen atoms in total. The molecule has 1 fully saturated rings. The average Bonchev–Trinajstić information content (AvgIpc) is 2.06. The van der Waals surface area contributed by atoms with Crippen molar-refractivity contribution in [3.05, 3.63) is 0 Å². The summed E-state index contributed by atoms with van der Waals surface area (Å²) in [6.07, 6.45) is 5.02. The van der Waals surface area contributed by atoms with Gasteiger partial charge in [-0.05, 0) is 32.7 Å². The monoisotopic (exact) mass is 173 g/mol. The molecule has 0 bridgehead atoms. The van der Waals surface area contributed by atoms with Gasteiger partial charge in [0.05, 0.1) is 0 Å². The van der Waals surface area contributed by atoms with Crippen LogP contribution in [0.25, 0.3) is 0 Å². The maximum atomic E-state index is 13.9. The van der Waals surface area contributed by atoms with Crippen molar-refractivity contribution in [3.8, 4) is 0 Å². The van der Waals surface area contributed by atoms with E-state index in [0.717, 1.165) is 19.4 Å². The van der Waals surface area contributed by atoms with E-state index in [4.69, 9.17) is 0 Å². The van der Waals surface area contributed by atoms with Crippen molar-refractivity contribution in [2.45, 2.75) is 57.7 Å². The normalized spacial score (nSPS) is 29.8. The van der Waals surface area contributed by atoms with Gasteiger partial charge in [0, 0.05) is 6.04 Å². The fourth-order valence-electron chi connectivity index (χ4n) is 2.03. The molecule has 1 N–H and O–H groups in total. The number of piperidine rings is 1. The number of rotatable bonds is 3. The number of alkyl halides is 1. The smallest absolute Gasteiger partial charge is 0.123 e. The summed E-state index contributed by atoms with van der Waals surface area (Å²) in [5.41, 5.74) is -0.991. The Kier molecular flexibility index (Phi) is 3.51. The number of nitrogens with one attached hydrogen (secondary N) is 1. The van der Waals surface area contributed by atoms with Crippen LogP contribution < -0.4 is 5.32 Å². The molecule has 2 atom stereocenters. The molecule has 1 heterocycles. The number of hydrogen-bond acceptors (Lipinski definition) is 1. The highest BCUT2D eigenvalue weighted by molar-refractivity contribution is 4.89. The third-order valence-corrected chi connectivity index (χ3v) is 2.78. The lowest BCUT2D eigenvalue weighted by Crippen LogP contribution is -2.48.